The molecule has 0 bridgehead atoms. The van der Waals surface area contributed by atoms with Gasteiger partial charge in [-0.2, -0.15) is 0 Å². The van der Waals surface area contributed by atoms with Crippen LogP contribution in [0.25, 0.3) is 0 Å². The van der Waals surface area contributed by atoms with E-state index in [-0.39, 0.29) is 6.54 Å². The van der Waals surface area contributed by atoms with E-state index < -0.39 is 11.6 Å². The largest absolute Gasteiger partial charge is 0.479 e. The fraction of sp³-hybridized carbons (Fsp3) is 0.875. The third-order valence-corrected chi connectivity index (χ3v) is 2.20. The summed E-state index contributed by atoms with van der Waals surface area (Å²) in [5, 5.41) is 21.3. The number of piperazine rings is 1. The number of aliphatic carboxylic acids is 1. The van der Waals surface area contributed by atoms with Crippen molar-refractivity contribution in [3.05, 3.63) is 0 Å². The van der Waals surface area contributed by atoms with Gasteiger partial charge in [0.2, 0.25) is 0 Å². The third kappa shape index (κ3) is 2.95. The second-order valence-corrected chi connectivity index (χ2v) is 3.61. The van der Waals surface area contributed by atoms with E-state index >= 15 is 0 Å². The Balaban J connectivity index is 2.41. The number of β-amino-alcohol motifs (C(OH)–C–C–N with tert-alkyl or cyclic N) is 1. The molecule has 5 nitrogen and oxygen atoms in total. The van der Waals surface area contributed by atoms with Gasteiger partial charge in [-0.15, -0.1) is 0 Å². The molecule has 0 aromatic carbocycles. The summed E-state index contributed by atoms with van der Waals surface area (Å²) in [4.78, 5) is 12.6. The van der Waals surface area contributed by atoms with Crippen LogP contribution in [0.2, 0.25) is 0 Å². The maximum Gasteiger partial charge on any atom is 0.336 e. The minimum Gasteiger partial charge on any atom is -0.479 e. The van der Waals surface area contributed by atoms with Gasteiger partial charge >= 0.3 is 5.97 Å². The first-order valence-corrected chi connectivity index (χ1v) is 4.41. The van der Waals surface area contributed by atoms with Crippen LogP contribution in [0, 0.1) is 0 Å². The maximum atomic E-state index is 10.6. The fourth-order valence-corrected chi connectivity index (χ4v) is 1.37. The third-order valence-electron chi connectivity index (χ3n) is 2.20. The van der Waals surface area contributed by atoms with Crippen LogP contribution in [-0.4, -0.2) is 59.4 Å². The molecule has 1 aliphatic rings. The molecule has 13 heavy (non-hydrogen) atoms. The van der Waals surface area contributed by atoms with Crippen LogP contribution in [0.3, 0.4) is 0 Å². The molecule has 0 aromatic heterocycles. The zero-order valence-corrected chi connectivity index (χ0v) is 7.79. The van der Waals surface area contributed by atoms with Crippen LogP contribution in [0.15, 0.2) is 0 Å². The van der Waals surface area contributed by atoms with Gasteiger partial charge in [-0.05, 0) is 6.92 Å². The molecule has 1 atom stereocenters. The van der Waals surface area contributed by atoms with Crippen molar-refractivity contribution >= 4 is 5.97 Å². The molecule has 1 unspecified atom stereocenters. The Labute approximate surface area is 77.3 Å². The number of nitrogens with zero attached hydrogens (tertiary/aromatic N) is 1. The summed E-state index contributed by atoms with van der Waals surface area (Å²) in [7, 11) is 0. The average Bonchev–Trinajstić information content (AvgIpc) is 2.05. The van der Waals surface area contributed by atoms with Crippen molar-refractivity contribution in [3.8, 4) is 0 Å². The number of carboxylic acid groups (broad SMARTS) is 1. The zero-order chi connectivity index (χ0) is 9.90. The van der Waals surface area contributed by atoms with Crippen molar-refractivity contribution in [1.82, 2.24) is 10.2 Å². The van der Waals surface area contributed by atoms with Crippen LogP contribution in [0.1, 0.15) is 6.92 Å². The summed E-state index contributed by atoms with van der Waals surface area (Å²) >= 11 is 0. The van der Waals surface area contributed by atoms with Gasteiger partial charge in [0, 0.05) is 32.7 Å². The highest BCUT2D eigenvalue weighted by Crippen LogP contribution is 2.07. The molecule has 1 rings (SSSR count). The highest BCUT2D eigenvalue weighted by molar-refractivity contribution is 5.76. The van der Waals surface area contributed by atoms with E-state index in [0.29, 0.717) is 0 Å². The molecule has 5 heteroatoms. The predicted octanol–water partition coefficient (Wildman–Crippen LogP) is -1.27. The Hall–Kier alpha value is -0.650. The van der Waals surface area contributed by atoms with Gasteiger partial charge in [-0.25, -0.2) is 4.79 Å². The van der Waals surface area contributed by atoms with Gasteiger partial charge in [0.1, 0.15) is 0 Å². The number of nitrogens with one attached hydrogen (secondary N) is 1. The average molecular weight is 188 g/mol. The van der Waals surface area contributed by atoms with Gasteiger partial charge in [0.25, 0.3) is 0 Å². The Morgan fingerprint density at radius 1 is 1.54 bits per heavy atom. The minimum atomic E-state index is -1.63. The number of carbonyl (C=O) groups is 1. The minimum absolute atomic E-state index is 0.198. The first-order valence-electron chi connectivity index (χ1n) is 4.41. The molecule has 1 aliphatic heterocycles. The van der Waals surface area contributed by atoms with E-state index in [0.717, 1.165) is 26.2 Å². The van der Waals surface area contributed by atoms with Gasteiger partial charge in [0.15, 0.2) is 5.60 Å². The first kappa shape index (κ1) is 10.4. The monoisotopic (exact) mass is 188 g/mol. The number of aliphatic hydroxyl groups is 1. The molecule has 0 spiro atoms. The Morgan fingerprint density at radius 3 is 2.54 bits per heavy atom. The molecule has 0 amide bonds. The van der Waals surface area contributed by atoms with Crippen molar-refractivity contribution in [3.63, 3.8) is 0 Å². The molecule has 0 saturated carbocycles. The molecule has 0 radical (unpaired) electrons. The van der Waals surface area contributed by atoms with E-state index in [4.69, 9.17) is 5.11 Å². The highest BCUT2D eigenvalue weighted by Gasteiger charge is 2.32. The van der Waals surface area contributed by atoms with E-state index in [2.05, 4.69) is 5.32 Å². The quantitative estimate of drug-likeness (QED) is 0.515. The van der Waals surface area contributed by atoms with Crippen LogP contribution in [0.4, 0.5) is 0 Å². The molecule has 0 aromatic rings. The first-order chi connectivity index (χ1) is 6.02. The fourth-order valence-electron chi connectivity index (χ4n) is 1.37. The second-order valence-electron chi connectivity index (χ2n) is 3.61. The van der Waals surface area contributed by atoms with Crippen LogP contribution >= 0.6 is 0 Å². The summed E-state index contributed by atoms with van der Waals surface area (Å²) in [5.74, 6) is -1.16. The van der Waals surface area contributed by atoms with Crippen molar-refractivity contribution in [1.29, 1.82) is 0 Å². The number of hydrogen-bond acceptors (Lipinski definition) is 4. The van der Waals surface area contributed by atoms with E-state index in [1.165, 1.54) is 6.92 Å². The van der Waals surface area contributed by atoms with Gasteiger partial charge in [0.05, 0.1) is 0 Å². The van der Waals surface area contributed by atoms with Gasteiger partial charge in [-0.3, -0.25) is 4.90 Å². The van der Waals surface area contributed by atoms with E-state index in [9.17, 15) is 9.90 Å². The van der Waals surface area contributed by atoms with Gasteiger partial charge in [-0.1, -0.05) is 0 Å². The smallest absolute Gasteiger partial charge is 0.336 e. The highest BCUT2D eigenvalue weighted by atomic mass is 16.4. The molecule has 76 valence electrons. The van der Waals surface area contributed by atoms with Crippen molar-refractivity contribution in [2.75, 3.05) is 32.7 Å². The van der Waals surface area contributed by atoms with E-state index in [1.54, 1.807) is 0 Å². The van der Waals surface area contributed by atoms with Crippen molar-refractivity contribution in [2.24, 2.45) is 0 Å². The molecule has 1 fully saturated rings. The lowest BCUT2D eigenvalue weighted by atomic mass is 10.1. The lowest BCUT2D eigenvalue weighted by molar-refractivity contribution is -0.158. The van der Waals surface area contributed by atoms with Crippen LogP contribution in [-0.2, 0) is 4.79 Å². The van der Waals surface area contributed by atoms with Gasteiger partial charge < -0.3 is 15.5 Å². The summed E-state index contributed by atoms with van der Waals surface area (Å²) in [5.41, 5.74) is -1.63. The molecule has 0 aliphatic carbocycles. The lowest BCUT2D eigenvalue weighted by Crippen LogP contribution is -2.52. The molecule has 1 heterocycles. The van der Waals surface area contributed by atoms with Crippen molar-refractivity contribution < 1.29 is 15.0 Å². The summed E-state index contributed by atoms with van der Waals surface area (Å²) in [6.45, 7) is 4.83. The SMILES string of the molecule is CC(O)(CN1CCNCC1)C(=O)O. The normalized spacial score (nSPS) is 23.8. The summed E-state index contributed by atoms with van der Waals surface area (Å²) < 4.78 is 0. The Kier molecular flexibility index (Phi) is 3.24. The van der Waals surface area contributed by atoms with Crippen molar-refractivity contribution in [2.45, 2.75) is 12.5 Å². The number of rotatable bonds is 3. The summed E-state index contributed by atoms with van der Waals surface area (Å²) in [6.07, 6.45) is 0. The molecule has 1 saturated heterocycles. The number of carboxylic acids is 1. The Morgan fingerprint density at radius 2 is 2.08 bits per heavy atom. The summed E-state index contributed by atoms with van der Waals surface area (Å²) in [6, 6.07) is 0. The Bertz CT molecular complexity index is 188. The predicted molar refractivity (Wildman–Crippen MR) is 47.6 cm³/mol. The lowest BCUT2D eigenvalue weighted by Gasteiger charge is -2.31. The standard InChI is InChI=1S/C8H16N2O3/c1-8(13,7(11)12)6-10-4-2-9-3-5-10/h9,13H,2-6H2,1H3,(H,11,12). The maximum absolute atomic E-state index is 10.6. The van der Waals surface area contributed by atoms with Crippen LogP contribution < -0.4 is 5.32 Å². The zero-order valence-electron chi connectivity index (χ0n) is 7.79. The second kappa shape index (κ2) is 4.04. The molecule has 3 N–H and O–H groups in total. The molecular formula is C8H16N2O3. The topological polar surface area (TPSA) is 72.8 Å². The van der Waals surface area contributed by atoms with E-state index in [1.807, 2.05) is 4.90 Å². The van der Waals surface area contributed by atoms with Crippen LogP contribution in [0.5, 0.6) is 0 Å². The molecular weight excluding hydrogens is 172 g/mol. The number of hydrogen-bond donors (Lipinski definition) is 3.